The Balaban J connectivity index is 1.19. The van der Waals surface area contributed by atoms with Crippen LogP contribution < -0.4 is 14.4 Å². The number of piperazine rings is 2. The first-order valence-corrected chi connectivity index (χ1v) is 12.1. The number of benzene rings is 2. The van der Waals surface area contributed by atoms with Gasteiger partial charge in [-0.2, -0.15) is 0 Å². The SMILES string of the molecule is COc1ccc(CN2CCN(C(=O)C=CC(=O)N3CCN(c4ccc(OC)cc4)CC3)CC2)cc1. The number of carbonyl (C=O) groups is 2. The largest absolute Gasteiger partial charge is 0.497 e. The van der Waals surface area contributed by atoms with Gasteiger partial charge in [-0.1, -0.05) is 12.1 Å². The van der Waals surface area contributed by atoms with E-state index in [4.69, 9.17) is 9.47 Å². The zero-order valence-electron chi connectivity index (χ0n) is 20.6. The van der Waals surface area contributed by atoms with Crippen molar-refractivity contribution in [2.75, 3.05) is 71.5 Å². The average molecular weight is 479 g/mol. The Morgan fingerprint density at radius 3 is 1.63 bits per heavy atom. The van der Waals surface area contributed by atoms with Crippen molar-refractivity contribution >= 4 is 17.5 Å². The third-order valence-electron chi connectivity index (χ3n) is 6.65. The third-order valence-corrected chi connectivity index (χ3v) is 6.65. The molecule has 2 aliphatic rings. The molecule has 8 nitrogen and oxygen atoms in total. The van der Waals surface area contributed by atoms with Crippen molar-refractivity contribution in [3.63, 3.8) is 0 Å². The summed E-state index contributed by atoms with van der Waals surface area (Å²) in [6.45, 7) is 6.58. The zero-order valence-corrected chi connectivity index (χ0v) is 20.6. The van der Waals surface area contributed by atoms with Gasteiger partial charge in [0, 0.05) is 76.7 Å². The van der Waals surface area contributed by atoms with E-state index in [1.54, 1.807) is 19.1 Å². The van der Waals surface area contributed by atoms with E-state index >= 15 is 0 Å². The van der Waals surface area contributed by atoms with Crippen molar-refractivity contribution in [2.45, 2.75) is 6.54 Å². The first-order chi connectivity index (χ1) is 17.1. The highest BCUT2D eigenvalue weighted by molar-refractivity contribution is 5.96. The number of hydrogen-bond acceptors (Lipinski definition) is 6. The summed E-state index contributed by atoms with van der Waals surface area (Å²) in [5.41, 5.74) is 2.35. The van der Waals surface area contributed by atoms with Crippen LogP contribution in [0.1, 0.15) is 5.56 Å². The van der Waals surface area contributed by atoms with Gasteiger partial charge in [-0.15, -0.1) is 0 Å². The molecule has 2 heterocycles. The molecule has 4 rings (SSSR count). The first kappa shape index (κ1) is 24.6. The molecule has 0 N–H and O–H groups in total. The molecule has 0 bridgehead atoms. The van der Waals surface area contributed by atoms with Crippen LogP contribution in [-0.2, 0) is 16.1 Å². The molecule has 0 radical (unpaired) electrons. The van der Waals surface area contributed by atoms with Crippen molar-refractivity contribution in [3.8, 4) is 11.5 Å². The lowest BCUT2D eigenvalue weighted by atomic mass is 10.2. The fourth-order valence-corrected chi connectivity index (χ4v) is 4.45. The quantitative estimate of drug-likeness (QED) is 0.569. The van der Waals surface area contributed by atoms with E-state index in [1.807, 2.05) is 41.3 Å². The van der Waals surface area contributed by atoms with E-state index in [0.717, 1.165) is 49.9 Å². The maximum Gasteiger partial charge on any atom is 0.246 e. The molecule has 186 valence electrons. The van der Waals surface area contributed by atoms with E-state index in [0.29, 0.717) is 26.2 Å². The highest BCUT2D eigenvalue weighted by Gasteiger charge is 2.22. The topological polar surface area (TPSA) is 65.6 Å². The normalized spacial score (nSPS) is 17.0. The molecule has 0 spiro atoms. The van der Waals surface area contributed by atoms with Gasteiger partial charge in [-0.05, 0) is 42.0 Å². The second-order valence-electron chi connectivity index (χ2n) is 8.79. The van der Waals surface area contributed by atoms with Crippen LogP contribution in [0.4, 0.5) is 5.69 Å². The van der Waals surface area contributed by atoms with E-state index in [-0.39, 0.29) is 11.8 Å². The molecule has 2 fully saturated rings. The van der Waals surface area contributed by atoms with Gasteiger partial charge in [0.25, 0.3) is 0 Å². The zero-order chi connectivity index (χ0) is 24.6. The van der Waals surface area contributed by atoms with Crippen LogP contribution in [0.5, 0.6) is 11.5 Å². The molecule has 0 aromatic heterocycles. The summed E-state index contributed by atoms with van der Waals surface area (Å²) >= 11 is 0. The molecule has 0 aliphatic carbocycles. The number of nitrogens with zero attached hydrogens (tertiary/aromatic N) is 4. The molecule has 0 atom stereocenters. The molecule has 2 amide bonds. The van der Waals surface area contributed by atoms with Crippen molar-refractivity contribution < 1.29 is 19.1 Å². The van der Waals surface area contributed by atoms with E-state index in [2.05, 4.69) is 21.9 Å². The van der Waals surface area contributed by atoms with E-state index < -0.39 is 0 Å². The first-order valence-electron chi connectivity index (χ1n) is 12.1. The number of methoxy groups -OCH3 is 2. The molecule has 2 aromatic rings. The Hall–Kier alpha value is -3.52. The highest BCUT2D eigenvalue weighted by atomic mass is 16.5. The van der Waals surface area contributed by atoms with Crippen molar-refractivity contribution in [1.82, 2.24) is 14.7 Å². The number of carbonyl (C=O) groups excluding carboxylic acids is 2. The molecular weight excluding hydrogens is 444 g/mol. The van der Waals surface area contributed by atoms with E-state index in [1.165, 1.54) is 17.7 Å². The minimum Gasteiger partial charge on any atom is -0.497 e. The Labute approximate surface area is 207 Å². The maximum atomic E-state index is 12.6. The molecule has 2 saturated heterocycles. The standard InChI is InChI=1S/C27H34N4O4/c1-34-24-7-3-22(4-8-24)21-28-13-15-30(16-14-28)26(32)11-12-27(33)31-19-17-29(18-20-31)23-5-9-25(35-2)10-6-23/h3-12H,13-21H2,1-2H3. The monoisotopic (exact) mass is 478 g/mol. The molecular formula is C27H34N4O4. The van der Waals surface area contributed by atoms with Crippen molar-refractivity contribution in [1.29, 1.82) is 0 Å². The molecule has 0 saturated carbocycles. The summed E-state index contributed by atoms with van der Waals surface area (Å²) in [6.07, 6.45) is 2.85. The average Bonchev–Trinajstić information content (AvgIpc) is 2.92. The minimum absolute atomic E-state index is 0.0979. The predicted molar refractivity (Wildman–Crippen MR) is 136 cm³/mol. The number of hydrogen-bond donors (Lipinski definition) is 0. The van der Waals surface area contributed by atoms with Crippen LogP contribution in [0.25, 0.3) is 0 Å². The summed E-state index contributed by atoms with van der Waals surface area (Å²) in [4.78, 5) is 33.5. The predicted octanol–water partition coefficient (Wildman–Crippen LogP) is 2.25. The Bertz CT molecular complexity index is 1010. The lowest BCUT2D eigenvalue weighted by Crippen LogP contribution is -2.49. The van der Waals surface area contributed by atoms with Gasteiger partial charge in [0.1, 0.15) is 11.5 Å². The molecule has 0 unspecified atom stereocenters. The van der Waals surface area contributed by atoms with Crippen molar-refractivity contribution in [2.24, 2.45) is 0 Å². The molecule has 8 heteroatoms. The summed E-state index contributed by atoms with van der Waals surface area (Å²) < 4.78 is 10.4. The van der Waals surface area contributed by atoms with Crippen LogP contribution in [0.2, 0.25) is 0 Å². The van der Waals surface area contributed by atoms with Crippen LogP contribution in [0.15, 0.2) is 60.7 Å². The molecule has 2 aromatic carbocycles. The maximum absolute atomic E-state index is 12.6. The molecule has 35 heavy (non-hydrogen) atoms. The lowest BCUT2D eigenvalue weighted by Gasteiger charge is -2.36. The fraction of sp³-hybridized carbons (Fsp3) is 0.407. The van der Waals surface area contributed by atoms with E-state index in [9.17, 15) is 9.59 Å². The smallest absolute Gasteiger partial charge is 0.246 e. The summed E-state index contributed by atoms with van der Waals surface area (Å²) in [5, 5.41) is 0. The van der Waals surface area contributed by atoms with Crippen LogP contribution in [0, 0.1) is 0 Å². The second-order valence-corrected chi connectivity index (χ2v) is 8.79. The Morgan fingerprint density at radius 2 is 1.14 bits per heavy atom. The van der Waals surface area contributed by atoms with Gasteiger partial charge < -0.3 is 24.2 Å². The lowest BCUT2D eigenvalue weighted by molar-refractivity contribution is -0.129. The minimum atomic E-state index is -0.106. The Kier molecular flexibility index (Phi) is 8.26. The fourth-order valence-electron chi connectivity index (χ4n) is 4.45. The van der Waals surface area contributed by atoms with Gasteiger partial charge in [0.15, 0.2) is 0 Å². The second kappa shape index (κ2) is 11.8. The molecule has 2 aliphatic heterocycles. The van der Waals surface area contributed by atoms with Gasteiger partial charge in [0.05, 0.1) is 14.2 Å². The summed E-state index contributed by atoms with van der Waals surface area (Å²) in [5.74, 6) is 1.48. The third kappa shape index (κ3) is 6.54. The van der Waals surface area contributed by atoms with Gasteiger partial charge in [-0.3, -0.25) is 14.5 Å². The van der Waals surface area contributed by atoms with Crippen LogP contribution in [-0.4, -0.2) is 93.1 Å². The number of anilines is 1. The van der Waals surface area contributed by atoms with Gasteiger partial charge in [-0.25, -0.2) is 0 Å². The van der Waals surface area contributed by atoms with Gasteiger partial charge in [0.2, 0.25) is 11.8 Å². The number of rotatable bonds is 7. The number of ether oxygens (including phenoxy) is 2. The van der Waals surface area contributed by atoms with Crippen LogP contribution >= 0.6 is 0 Å². The summed E-state index contributed by atoms with van der Waals surface area (Å²) in [6, 6.07) is 16.0. The highest BCUT2D eigenvalue weighted by Crippen LogP contribution is 2.20. The summed E-state index contributed by atoms with van der Waals surface area (Å²) in [7, 11) is 3.32. The van der Waals surface area contributed by atoms with Gasteiger partial charge >= 0.3 is 0 Å². The van der Waals surface area contributed by atoms with Crippen LogP contribution in [0.3, 0.4) is 0 Å². The Morgan fingerprint density at radius 1 is 0.686 bits per heavy atom. The van der Waals surface area contributed by atoms with Crippen molar-refractivity contribution in [3.05, 3.63) is 66.2 Å². The number of amides is 2.